The maximum atomic E-state index is 9.68. The van der Waals surface area contributed by atoms with Gasteiger partial charge >= 0.3 is 0 Å². The number of phenols is 1. The van der Waals surface area contributed by atoms with Gasteiger partial charge in [0, 0.05) is 10.6 Å². The maximum Gasteiger partial charge on any atom is 0.129 e. The second-order valence-corrected chi connectivity index (χ2v) is 5.03. The number of para-hydroxylation sites is 1. The van der Waals surface area contributed by atoms with E-state index in [1.807, 2.05) is 43.3 Å². The fraction of sp³-hybridized carbons (Fsp3) is 0.133. The Labute approximate surface area is 111 Å². The average molecular weight is 255 g/mol. The smallest absolute Gasteiger partial charge is 0.129 e. The van der Waals surface area contributed by atoms with Crippen LogP contribution in [0.2, 0.25) is 0 Å². The zero-order valence-corrected chi connectivity index (χ0v) is 10.9. The minimum Gasteiger partial charge on any atom is -0.507 e. The van der Waals surface area contributed by atoms with Crippen molar-refractivity contribution in [3.63, 3.8) is 0 Å². The van der Waals surface area contributed by atoms with Crippen molar-refractivity contribution in [2.45, 2.75) is 17.6 Å². The lowest BCUT2D eigenvalue weighted by Crippen LogP contribution is -1.88. The van der Waals surface area contributed by atoms with E-state index < -0.39 is 0 Å². The Hall–Kier alpha value is -1.92. The molecule has 2 nitrogen and oxygen atoms in total. The number of aryl methyl sites for hydroxylation is 1. The number of phenolic OH excluding ortho intramolecular Hbond substituents is 1. The van der Waals surface area contributed by atoms with Gasteiger partial charge < -0.3 is 5.11 Å². The Kier molecular flexibility index (Phi) is 3.91. The lowest BCUT2D eigenvalue weighted by atomic mass is 10.1. The Morgan fingerprint density at radius 2 is 2.00 bits per heavy atom. The molecule has 0 unspecified atom stereocenters. The van der Waals surface area contributed by atoms with Gasteiger partial charge in [-0.05, 0) is 42.3 Å². The van der Waals surface area contributed by atoms with Gasteiger partial charge in [0.15, 0.2) is 0 Å². The minimum absolute atomic E-state index is 0.314. The van der Waals surface area contributed by atoms with E-state index in [-0.39, 0.29) is 0 Å². The van der Waals surface area contributed by atoms with Crippen LogP contribution in [0.1, 0.15) is 16.7 Å². The van der Waals surface area contributed by atoms with Gasteiger partial charge in [-0.2, -0.15) is 5.26 Å². The van der Waals surface area contributed by atoms with Gasteiger partial charge in [0.25, 0.3) is 0 Å². The van der Waals surface area contributed by atoms with Crippen molar-refractivity contribution < 1.29 is 5.11 Å². The van der Waals surface area contributed by atoms with Crippen molar-refractivity contribution in [3.8, 4) is 11.8 Å². The molecule has 0 saturated carbocycles. The second-order valence-electron chi connectivity index (χ2n) is 4.01. The van der Waals surface area contributed by atoms with Crippen molar-refractivity contribution >= 4 is 11.8 Å². The molecule has 0 spiro atoms. The van der Waals surface area contributed by atoms with E-state index in [1.165, 1.54) is 5.56 Å². The molecule has 0 atom stereocenters. The molecule has 2 rings (SSSR count). The zero-order valence-electron chi connectivity index (χ0n) is 10.1. The quantitative estimate of drug-likeness (QED) is 0.847. The summed E-state index contributed by atoms with van der Waals surface area (Å²) in [6.45, 7) is 2.00. The molecule has 90 valence electrons. The SMILES string of the molecule is Cc1cc(C#N)ccc1CSc1ccccc1O. The number of nitrogens with zero attached hydrogens (tertiary/aromatic N) is 1. The van der Waals surface area contributed by atoms with Crippen LogP contribution >= 0.6 is 11.8 Å². The molecule has 0 aliphatic heterocycles. The maximum absolute atomic E-state index is 9.68. The molecular weight excluding hydrogens is 242 g/mol. The Bertz CT molecular complexity index is 602. The van der Waals surface area contributed by atoms with E-state index in [1.54, 1.807) is 17.8 Å². The normalized spacial score (nSPS) is 10.0. The van der Waals surface area contributed by atoms with Crippen LogP contribution in [0, 0.1) is 18.3 Å². The molecule has 0 bridgehead atoms. The molecule has 2 aromatic carbocycles. The molecule has 0 heterocycles. The Morgan fingerprint density at radius 3 is 2.67 bits per heavy atom. The fourth-order valence-corrected chi connectivity index (χ4v) is 2.69. The van der Waals surface area contributed by atoms with E-state index in [9.17, 15) is 5.11 Å². The molecule has 0 aliphatic rings. The van der Waals surface area contributed by atoms with Gasteiger partial charge in [0.1, 0.15) is 5.75 Å². The van der Waals surface area contributed by atoms with Crippen molar-refractivity contribution in [2.75, 3.05) is 0 Å². The summed E-state index contributed by atoms with van der Waals surface area (Å²) in [6.07, 6.45) is 0. The van der Waals surface area contributed by atoms with Crippen LogP contribution in [-0.2, 0) is 5.75 Å². The highest BCUT2D eigenvalue weighted by Crippen LogP contribution is 2.31. The first-order chi connectivity index (χ1) is 8.70. The van der Waals surface area contributed by atoms with Crippen LogP contribution in [0.25, 0.3) is 0 Å². The lowest BCUT2D eigenvalue weighted by Gasteiger charge is -2.07. The average Bonchev–Trinajstić information content (AvgIpc) is 2.39. The summed E-state index contributed by atoms with van der Waals surface area (Å²) in [6, 6.07) is 15.1. The summed E-state index contributed by atoms with van der Waals surface area (Å²) in [7, 11) is 0. The number of hydrogen-bond acceptors (Lipinski definition) is 3. The third-order valence-electron chi connectivity index (χ3n) is 2.72. The van der Waals surface area contributed by atoms with E-state index >= 15 is 0 Å². The topological polar surface area (TPSA) is 44.0 Å². The molecule has 3 heteroatoms. The number of thioether (sulfide) groups is 1. The highest BCUT2D eigenvalue weighted by atomic mass is 32.2. The molecule has 0 amide bonds. The predicted octanol–water partition coefficient (Wildman–Crippen LogP) is 3.86. The van der Waals surface area contributed by atoms with Crippen molar-refractivity contribution in [1.82, 2.24) is 0 Å². The summed E-state index contributed by atoms with van der Waals surface area (Å²) < 4.78 is 0. The fourth-order valence-electron chi connectivity index (χ4n) is 1.66. The van der Waals surface area contributed by atoms with Gasteiger partial charge in [-0.15, -0.1) is 11.8 Å². The number of nitriles is 1. The van der Waals surface area contributed by atoms with Crippen LogP contribution in [0.4, 0.5) is 0 Å². The molecule has 2 aromatic rings. The first kappa shape index (κ1) is 12.5. The molecule has 0 radical (unpaired) electrons. The molecule has 0 aromatic heterocycles. The first-order valence-electron chi connectivity index (χ1n) is 5.61. The van der Waals surface area contributed by atoms with Crippen LogP contribution in [-0.4, -0.2) is 5.11 Å². The second kappa shape index (κ2) is 5.61. The van der Waals surface area contributed by atoms with Crippen LogP contribution in [0.3, 0.4) is 0 Å². The van der Waals surface area contributed by atoms with Crippen LogP contribution in [0.15, 0.2) is 47.4 Å². The molecule has 0 aliphatic carbocycles. The van der Waals surface area contributed by atoms with E-state index in [2.05, 4.69) is 6.07 Å². The lowest BCUT2D eigenvalue weighted by molar-refractivity contribution is 0.462. The third-order valence-corrected chi connectivity index (χ3v) is 3.83. The van der Waals surface area contributed by atoms with Crippen LogP contribution in [0.5, 0.6) is 5.75 Å². The summed E-state index contributed by atoms with van der Waals surface area (Å²) in [4.78, 5) is 0.876. The molecule has 1 N–H and O–H groups in total. The third kappa shape index (κ3) is 2.85. The molecule has 0 fully saturated rings. The van der Waals surface area contributed by atoms with Crippen molar-refractivity contribution in [3.05, 3.63) is 59.2 Å². The van der Waals surface area contributed by atoms with E-state index in [0.29, 0.717) is 11.3 Å². The molecular formula is C15H13NOS. The van der Waals surface area contributed by atoms with Gasteiger partial charge in [-0.25, -0.2) is 0 Å². The number of rotatable bonds is 3. The largest absolute Gasteiger partial charge is 0.507 e. The van der Waals surface area contributed by atoms with E-state index in [0.717, 1.165) is 16.2 Å². The summed E-state index contributed by atoms with van der Waals surface area (Å²) in [5.74, 6) is 1.10. The summed E-state index contributed by atoms with van der Waals surface area (Å²) in [5, 5.41) is 18.5. The standard InChI is InChI=1S/C15H13NOS/c1-11-8-12(9-16)6-7-13(11)10-18-15-5-3-2-4-14(15)17/h2-8,17H,10H2,1H3. The first-order valence-corrected chi connectivity index (χ1v) is 6.59. The zero-order chi connectivity index (χ0) is 13.0. The van der Waals surface area contributed by atoms with Crippen molar-refractivity contribution in [2.24, 2.45) is 0 Å². The van der Waals surface area contributed by atoms with Crippen molar-refractivity contribution in [1.29, 1.82) is 5.26 Å². The van der Waals surface area contributed by atoms with Gasteiger partial charge in [0.05, 0.1) is 11.6 Å². The number of aromatic hydroxyl groups is 1. The molecule has 0 saturated heterocycles. The predicted molar refractivity (Wildman–Crippen MR) is 73.6 cm³/mol. The minimum atomic E-state index is 0.314. The number of benzene rings is 2. The Morgan fingerprint density at radius 1 is 1.22 bits per heavy atom. The summed E-state index contributed by atoms with van der Waals surface area (Å²) in [5.41, 5.74) is 2.98. The monoisotopic (exact) mass is 255 g/mol. The van der Waals surface area contributed by atoms with Gasteiger partial charge in [-0.1, -0.05) is 18.2 Å². The Balaban J connectivity index is 2.12. The van der Waals surface area contributed by atoms with E-state index in [4.69, 9.17) is 5.26 Å². The molecule has 18 heavy (non-hydrogen) atoms. The van der Waals surface area contributed by atoms with Gasteiger partial charge in [-0.3, -0.25) is 0 Å². The summed E-state index contributed by atoms with van der Waals surface area (Å²) >= 11 is 1.59. The highest BCUT2D eigenvalue weighted by molar-refractivity contribution is 7.98. The number of hydrogen-bond donors (Lipinski definition) is 1. The highest BCUT2D eigenvalue weighted by Gasteiger charge is 2.04. The van der Waals surface area contributed by atoms with Gasteiger partial charge in [0.2, 0.25) is 0 Å². The van der Waals surface area contributed by atoms with Crippen LogP contribution < -0.4 is 0 Å².